The van der Waals surface area contributed by atoms with Crippen LogP contribution in [0.3, 0.4) is 0 Å². The smallest absolute Gasteiger partial charge is 0.416 e. The lowest BCUT2D eigenvalue weighted by atomic mass is 9.87. The van der Waals surface area contributed by atoms with Crippen molar-refractivity contribution >= 4 is 35.1 Å². The summed E-state index contributed by atoms with van der Waals surface area (Å²) in [5, 5.41) is 10.5. The van der Waals surface area contributed by atoms with Gasteiger partial charge in [0.15, 0.2) is 24.0 Å². The van der Waals surface area contributed by atoms with Crippen LogP contribution in [0.4, 0.5) is 4.79 Å². The molecule has 2 aliphatic rings. The number of imide groups is 1. The molecule has 8 atom stereocenters. The first-order chi connectivity index (χ1) is 34.5. The molecule has 0 saturated carbocycles. The lowest BCUT2D eigenvalue weighted by Gasteiger charge is -2.45. The summed E-state index contributed by atoms with van der Waals surface area (Å²) < 4.78 is 42.6. The Kier molecular flexibility index (Phi) is 19.1. The molecule has 7 rings (SSSR count). The number of aryl methyl sites for hydroxylation is 1. The van der Waals surface area contributed by atoms with E-state index in [1.165, 1.54) is 7.11 Å². The van der Waals surface area contributed by atoms with Crippen LogP contribution in [0.2, 0.25) is 0 Å². The Balaban J connectivity index is 1.13. The summed E-state index contributed by atoms with van der Waals surface area (Å²) in [5.41, 5.74) is 4.61. The molecule has 0 aromatic heterocycles. The standard InChI is InChI=1S/C57H61NO13/c1-38-18-16-27-44(30-38)46(33-49(62)51(70-39(2)60)47(32-41-21-10-5-11-22-41)55(63)58-45(37-69-57(58)64)31-40-19-8-4-9-20-40)48(61)28-17-29-66-54-53(68-36-43-25-14-7-15-26-43)52(50(34-59)71-56(54)65-3)67-35-42-23-12-6-13-24-42/h4-16,18-27,30,33,45,47,50-54,56,59H,17,28-29,31-32,34-37H2,1-3H3/t45-,47-,50+,51-,52+,53-,54-,56-/m0/s1. The molecule has 5 aromatic rings. The first-order valence-corrected chi connectivity index (χ1v) is 23.8. The van der Waals surface area contributed by atoms with Gasteiger partial charge >= 0.3 is 12.1 Å². The molecule has 372 valence electrons. The maximum atomic E-state index is 14.8. The Morgan fingerprint density at radius 3 is 1.92 bits per heavy atom. The van der Waals surface area contributed by atoms with Crippen molar-refractivity contribution < 1.29 is 62.2 Å². The van der Waals surface area contributed by atoms with E-state index < -0.39 is 78.3 Å². The van der Waals surface area contributed by atoms with Crippen LogP contribution in [0.25, 0.3) is 5.57 Å². The number of benzene rings is 5. The summed E-state index contributed by atoms with van der Waals surface area (Å²) in [7, 11) is 1.47. The minimum Gasteiger partial charge on any atom is -0.453 e. The van der Waals surface area contributed by atoms with Crippen LogP contribution in [-0.2, 0) is 78.4 Å². The Morgan fingerprint density at radius 2 is 1.34 bits per heavy atom. The summed E-state index contributed by atoms with van der Waals surface area (Å²) in [4.78, 5) is 71.3. The number of cyclic esters (lactones) is 1. The van der Waals surface area contributed by atoms with Gasteiger partial charge in [-0.05, 0) is 60.1 Å². The van der Waals surface area contributed by atoms with E-state index in [1.807, 2.05) is 104 Å². The number of aliphatic hydroxyl groups is 1. The number of carbonyl (C=O) groups is 5. The monoisotopic (exact) mass is 967 g/mol. The number of rotatable bonds is 24. The van der Waals surface area contributed by atoms with Crippen LogP contribution in [-0.4, -0.2) is 109 Å². The number of amides is 2. The second-order valence-electron chi connectivity index (χ2n) is 17.6. The minimum atomic E-state index is -1.73. The maximum absolute atomic E-state index is 14.8. The molecule has 5 aromatic carbocycles. The van der Waals surface area contributed by atoms with E-state index in [1.54, 1.807) is 48.5 Å². The van der Waals surface area contributed by atoms with E-state index >= 15 is 0 Å². The van der Waals surface area contributed by atoms with Crippen molar-refractivity contribution in [1.29, 1.82) is 0 Å². The number of Topliss-reactive ketones (excluding diaryl/α,β-unsaturated/α-hetero) is 1. The maximum Gasteiger partial charge on any atom is 0.416 e. The Morgan fingerprint density at radius 1 is 0.746 bits per heavy atom. The summed E-state index contributed by atoms with van der Waals surface area (Å²) >= 11 is 0. The zero-order valence-electron chi connectivity index (χ0n) is 40.2. The number of ether oxygens (including phenoxy) is 7. The minimum absolute atomic E-state index is 0.0227. The van der Waals surface area contributed by atoms with Crippen LogP contribution in [0, 0.1) is 12.8 Å². The van der Waals surface area contributed by atoms with Gasteiger partial charge in [0, 0.05) is 32.6 Å². The molecule has 0 spiro atoms. The lowest BCUT2D eigenvalue weighted by Crippen LogP contribution is -2.61. The van der Waals surface area contributed by atoms with Gasteiger partial charge in [0.2, 0.25) is 5.91 Å². The third kappa shape index (κ3) is 14.3. The Hall–Kier alpha value is -6.65. The molecular weight excluding hydrogens is 907 g/mol. The highest BCUT2D eigenvalue weighted by Gasteiger charge is 2.49. The molecule has 0 aliphatic carbocycles. The van der Waals surface area contributed by atoms with Crippen molar-refractivity contribution in [2.45, 2.75) is 95.6 Å². The zero-order chi connectivity index (χ0) is 50.1. The van der Waals surface area contributed by atoms with Crippen molar-refractivity contribution in [3.8, 4) is 0 Å². The molecule has 2 heterocycles. The second-order valence-corrected chi connectivity index (χ2v) is 17.6. The molecule has 2 amide bonds. The average Bonchev–Trinajstić information content (AvgIpc) is 3.75. The highest BCUT2D eigenvalue weighted by atomic mass is 16.7. The highest BCUT2D eigenvalue weighted by molar-refractivity contribution is 6.25. The predicted molar refractivity (Wildman–Crippen MR) is 262 cm³/mol. The highest BCUT2D eigenvalue weighted by Crippen LogP contribution is 2.32. The molecule has 14 heteroatoms. The number of hydrogen-bond acceptors (Lipinski definition) is 13. The van der Waals surface area contributed by atoms with Gasteiger partial charge in [-0.3, -0.25) is 19.2 Å². The van der Waals surface area contributed by atoms with Gasteiger partial charge in [-0.2, -0.15) is 0 Å². The van der Waals surface area contributed by atoms with Crippen molar-refractivity contribution in [3.63, 3.8) is 0 Å². The van der Waals surface area contributed by atoms with Crippen molar-refractivity contribution in [2.75, 3.05) is 26.9 Å². The fourth-order valence-corrected chi connectivity index (χ4v) is 8.92. The lowest BCUT2D eigenvalue weighted by molar-refractivity contribution is -0.319. The van der Waals surface area contributed by atoms with Crippen LogP contribution >= 0.6 is 0 Å². The molecule has 2 aliphatic heterocycles. The van der Waals surface area contributed by atoms with Crippen LogP contribution in [0.5, 0.6) is 0 Å². The number of ketones is 2. The molecule has 2 saturated heterocycles. The normalized spacial score (nSPS) is 21.0. The predicted octanol–water partition coefficient (Wildman–Crippen LogP) is 7.60. The summed E-state index contributed by atoms with van der Waals surface area (Å²) in [5.74, 6) is -4.21. The molecule has 0 radical (unpaired) electrons. The zero-order valence-corrected chi connectivity index (χ0v) is 40.2. The molecule has 71 heavy (non-hydrogen) atoms. The number of aliphatic hydroxyl groups excluding tert-OH is 1. The third-order valence-corrected chi connectivity index (χ3v) is 12.4. The average molecular weight is 968 g/mol. The van der Waals surface area contributed by atoms with Crippen LogP contribution < -0.4 is 0 Å². The van der Waals surface area contributed by atoms with E-state index in [0.717, 1.165) is 40.2 Å². The van der Waals surface area contributed by atoms with Crippen molar-refractivity contribution in [2.24, 2.45) is 5.92 Å². The Bertz CT molecular complexity index is 2560. The van der Waals surface area contributed by atoms with Gasteiger partial charge < -0.3 is 38.3 Å². The first kappa shape index (κ1) is 52.2. The fraction of sp³-hybridized carbons (Fsp3) is 0.351. The van der Waals surface area contributed by atoms with E-state index in [4.69, 9.17) is 33.2 Å². The van der Waals surface area contributed by atoms with Crippen LogP contribution in [0.1, 0.15) is 53.1 Å². The molecule has 0 unspecified atom stereocenters. The molecule has 1 N–H and O–H groups in total. The molecule has 0 bridgehead atoms. The number of nitrogens with zero attached hydrogens (tertiary/aromatic N) is 1. The number of esters is 1. The van der Waals surface area contributed by atoms with Crippen molar-refractivity contribution in [3.05, 3.63) is 185 Å². The largest absolute Gasteiger partial charge is 0.453 e. The number of hydrogen-bond donors (Lipinski definition) is 1. The first-order valence-electron chi connectivity index (χ1n) is 23.8. The van der Waals surface area contributed by atoms with E-state index in [2.05, 4.69) is 0 Å². The van der Waals surface area contributed by atoms with Crippen LogP contribution in [0.15, 0.2) is 152 Å². The number of allylic oxidation sites excluding steroid dienone is 1. The van der Waals surface area contributed by atoms with Gasteiger partial charge in [-0.25, -0.2) is 9.69 Å². The summed E-state index contributed by atoms with van der Waals surface area (Å²) in [6, 6.07) is 43.8. The van der Waals surface area contributed by atoms with E-state index in [9.17, 15) is 29.1 Å². The SMILES string of the molecule is CO[C@H]1O[C@H](CO)[C@@H](OCc2ccccc2)[C@H](OCc2ccccc2)[C@@H]1OCCCC(=O)C(=CC(=O)[C@@H](OC(C)=O)[C@H](Cc1ccccc1)C(=O)N1C(=O)OC[C@@H]1Cc1ccccc1)c1cccc(C)c1. The number of carbonyl (C=O) groups excluding carboxylic acids is 5. The van der Waals surface area contributed by atoms with E-state index in [0.29, 0.717) is 17.5 Å². The van der Waals surface area contributed by atoms with Crippen molar-refractivity contribution in [1.82, 2.24) is 4.90 Å². The topological polar surface area (TPSA) is 173 Å². The second kappa shape index (κ2) is 26.0. The Labute approximate surface area is 414 Å². The fourth-order valence-electron chi connectivity index (χ4n) is 8.92. The summed E-state index contributed by atoms with van der Waals surface area (Å²) in [6.07, 6.45) is -5.38. The molecular formula is C57H61NO13. The molecule has 2 fully saturated rings. The van der Waals surface area contributed by atoms with E-state index in [-0.39, 0.29) is 57.9 Å². The summed E-state index contributed by atoms with van der Waals surface area (Å²) in [6.45, 7) is 2.98. The molecule has 14 nitrogen and oxygen atoms in total. The van der Waals surface area contributed by atoms with Gasteiger partial charge in [0.1, 0.15) is 31.0 Å². The quantitative estimate of drug-likeness (QED) is 0.0364. The third-order valence-electron chi connectivity index (χ3n) is 12.4. The van der Waals surface area contributed by atoms with Gasteiger partial charge in [-0.15, -0.1) is 0 Å². The van der Waals surface area contributed by atoms with Gasteiger partial charge in [0.25, 0.3) is 0 Å². The van der Waals surface area contributed by atoms with Gasteiger partial charge in [0.05, 0.1) is 31.8 Å². The number of methoxy groups -OCH3 is 1. The van der Waals surface area contributed by atoms with Gasteiger partial charge in [-0.1, -0.05) is 151 Å².